The lowest BCUT2D eigenvalue weighted by atomic mass is 10.1. The summed E-state index contributed by atoms with van der Waals surface area (Å²) in [5, 5.41) is 9.72. The van der Waals surface area contributed by atoms with Crippen molar-refractivity contribution in [2.45, 2.75) is 6.18 Å². The summed E-state index contributed by atoms with van der Waals surface area (Å²) in [5.74, 6) is -1.07. The van der Waals surface area contributed by atoms with E-state index in [1.807, 2.05) is 30.3 Å². The summed E-state index contributed by atoms with van der Waals surface area (Å²) >= 11 is 0. The SMILES string of the molecule is O=C(O)c1cccc(-n2c(-c3ccccc3)cc3cc(C(F)(F)F)ccc32)c1. The van der Waals surface area contributed by atoms with Gasteiger partial charge >= 0.3 is 12.1 Å². The van der Waals surface area contributed by atoms with Crippen molar-refractivity contribution >= 4 is 16.9 Å². The predicted octanol–water partition coefficient (Wildman–Crippen LogP) is 6.01. The second kappa shape index (κ2) is 6.56. The molecule has 28 heavy (non-hydrogen) atoms. The van der Waals surface area contributed by atoms with Crippen LogP contribution in [0.2, 0.25) is 0 Å². The highest BCUT2D eigenvalue weighted by Gasteiger charge is 2.31. The van der Waals surface area contributed by atoms with E-state index in [4.69, 9.17) is 0 Å². The number of alkyl halides is 3. The summed E-state index contributed by atoms with van der Waals surface area (Å²) < 4.78 is 41.2. The normalized spacial score (nSPS) is 11.7. The van der Waals surface area contributed by atoms with Gasteiger partial charge in [0.15, 0.2) is 0 Å². The van der Waals surface area contributed by atoms with E-state index >= 15 is 0 Å². The van der Waals surface area contributed by atoms with Crippen molar-refractivity contribution in [1.82, 2.24) is 4.57 Å². The second-order valence-electron chi connectivity index (χ2n) is 6.36. The number of rotatable bonds is 3. The highest BCUT2D eigenvalue weighted by atomic mass is 19.4. The number of fused-ring (bicyclic) bond motifs is 1. The van der Waals surface area contributed by atoms with Crippen LogP contribution >= 0.6 is 0 Å². The molecule has 3 nitrogen and oxygen atoms in total. The number of benzene rings is 3. The molecule has 6 heteroatoms. The van der Waals surface area contributed by atoms with E-state index in [-0.39, 0.29) is 5.56 Å². The molecule has 0 aliphatic carbocycles. The number of carbonyl (C=O) groups is 1. The summed E-state index contributed by atoms with van der Waals surface area (Å²) in [6, 6.07) is 20.8. The van der Waals surface area contributed by atoms with Crippen LogP contribution in [0.3, 0.4) is 0 Å². The van der Waals surface area contributed by atoms with E-state index in [0.717, 1.165) is 17.7 Å². The zero-order valence-electron chi connectivity index (χ0n) is 14.4. The standard InChI is InChI=1S/C22H14F3NO2/c23-22(24,25)17-9-10-19-16(11-17)13-20(14-5-2-1-3-6-14)26(19)18-8-4-7-15(12-18)21(27)28/h1-13H,(H,27,28). The third-order valence-electron chi connectivity index (χ3n) is 4.55. The van der Waals surface area contributed by atoms with Gasteiger partial charge in [-0.05, 0) is 48.0 Å². The largest absolute Gasteiger partial charge is 0.478 e. The van der Waals surface area contributed by atoms with Crippen LogP contribution in [0.4, 0.5) is 13.2 Å². The molecule has 0 aliphatic heterocycles. The van der Waals surface area contributed by atoms with Crippen molar-refractivity contribution < 1.29 is 23.1 Å². The maximum absolute atomic E-state index is 13.1. The summed E-state index contributed by atoms with van der Waals surface area (Å²) in [5.41, 5.74) is 2.00. The molecular formula is C22H14F3NO2. The lowest BCUT2D eigenvalue weighted by Crippen LogP contribution is -2.04. The van der Waals surface area contributed by atoms with Gasteiger partial charge in [-0.25, -0.2) is 4.79 Å². The first-order chi connectivity index (χ1) is 13.3. The topological polar surface area (TPSA) is 42.2 Å². The lowest BCUT2D eigenvalue weighted by Gasteiger charge is -2.12. The molecule has 0 bridgehead atoms. The van der Waals surface area contributed by atoms with E-state index < -0.39 is 17.7 Å². The Bertz CT molecular complexity index is 1180. The molecule has 0 fully saturated rings. The number of carboxylic acid groups (broad SMARTS) is 1. The van der Waals surface area contributed by atoms with Gasteiger partial charge in [-0.15, -0.1) is 0 Å². The fourth-order valence-electron chi connectivity index (χ4n) is 3.27. The molecular weight excluding hydrogens is 367 g/mol. The first-order valence-electron chi connectivity index (χ1n) is 8.46. The number of aromatic nitrogens is 1. The Morgan fingerprint density at radius 1 is 0.857 bits per heavy atom. The van der Waals surface area contributed by atoms with E-state index in [2.05, 4.69) is 0 Å². The smallest absolute Gasteiger partial charge is 0.416 e. The lowest BCUT2D eigenvalue weighted by molar-refractivity contribution is -0.137. The van der Waals surface area contributed by atoms with Crippen LogP contribution in [-0.2, 0) is 6.18 Å². The fraction of sp³-hybridized carbons (Fsp3) is 0.0455. The van der Waals surface area contributed by atoms with Gasteiger partial charge in [0.05, 0.1) is 22.3 Å². The first kappa shape index (κ1) is 17.9. The molecule has 4 aromatic rings. The number of hydrogen-bond donors (Lipinski definition) is 1. The van der Waals surface area contributed by atoms with Crippen LogP contribution in [0.5, 0.6) is 0 Å². The summed E-state index contributed by atoms with van der Waals surface area (Å²) in [4.78, 5) is 11.4. The Labute approximate surface area is 158 Å². The van der Waals surface area contributed by atoms with E-state index in [1.54, 1.807) is 22.8 Å². The van der Waals surface area contributed by atoms with Crippen molar-refractivity contribution in [2.75, 3.05) is 0 Å². The van der Waals surface area contributed by atoms with E-state index in [9.17, 15) is 23.1 Å². The third-order valence-corrected chi connectivity index (χ3v) is 4.55. The molecule has 0 aliphatic rings. The third kappa shape index (κ3) is 3.13. The molecule has 140 valence electrons. The average Bonchev–Trinajstić information content (AvgIpc) is 3.07. The van der Waals surface area contributed by atoms with Crippen LogP contribution in [0.1, 0.15) is 15.9 Å². The molecule has 1 aromatic heterocycles. The van der Waals surface area contributed by atoms with Gasteiger partial charge in [0.2, 0.25) is 0 Å². The molecule has 0 saturated heterocycles. The zero-order chi connectivity index (χ0) is 19.9. The molecule has 0 spiro atoms. The number of aromatic carboxylic acids is 1. The Morgan fingerprint density at radius 2 is 1.61 bits per heavy atom. The quantitative estimate of drug-likeness (QED) is 0.472. The summed E-state index contributed by atoms with van der Waals surface area (Å²) in [6.07, 6.45) is -4.44. The number of nitrogens with zero attached hydrogens (tertiary/aromatic N) is 1. The van der Waals surface area contributed by atoms with Crippen molar-refractivity contribution in [3.05, 3.63) is 90.0 Å². The molecule has 0 saturated carbocycles. The van der Waals surface area contributed by atoms with Crippen molar-refractivity contribution in [2.24, 2.45) is 0 Å². The first-order valence-corrected chi connectivity index (χ1v) is 8.46. The van der Waals surface area contributed by atoms with E-state index in [1.165, 1.54) is 18.2 Å². The van der Waals surface area contributed by atoms with Crippen molar-refractivity contribution in [1.29, 1.82) is 0 Å². The number of halogens is 3. The molecule has 0 unspecified atom stereocenters. The molecule has 1 N–H and O–H groups in total. The maximum Gasteiger partial charge on any atom is 0.416 e. The second-order valence-corrected chi connectivity index (χ2v) is 6.36. The Hall–Kier alpha value is -3.54. The van der Waals surface area contributed by atoms with Crippen LogP contribution in [-0.4, -0.2) is 15.6 Å². The monoisotopic (exact) mass is 381 g/mol. The van der Waals surface area contributed by atoms with Crippen LogP contribution in [0.15, 0.2) is 78.9 Å². The minimum atomic E-state index is -4.44. The molecule has 1 heterocycles. The number of carboxylic acids is 1. The van der Waals surface area contributed by atoms with Crippen LogP contribution in [0, 0.1) is 0 Å². The predicted molar refractivity (Wildman–Crippen MR) is 101 cm³/mol. The van der Waals surface area contributed by atoms with Gasteiger partial charge < -0.3 is 9.67 Å². The van der Waals surface area contributed by atoms with Crippen LogP contribution in [0.25, 0.3) is 27.8 Å². The Morgan fingerprint density at radius 3 is 2.29 bits per heavy atom. The van der Waals surface area contributed by atoms with Gasteiger partial charge in [-0.1, -0.05) is 36.4 Å². The number of hydrogen-bond acceptors (Lipinski definition) is 1. The molecule has 0 atom stereocenters. The maximum atomic E-state index is 13.1. The molecule has 4 rings (SSSR count). The Kier molecular flexibility index (Phi) is 4.19. The Balaban J connectivity index is 2.02. The molecule has 3 aromatic carbocycles. The van der Waals surface area contributed by atoms with Gasteiger partial charge in [-0.2, -0.15) is 13.2 Å². The minimum Gasteiger partial charge on any atom is -0.478 e. The van der Waals surface area contributed by atoms with Crippen LogP contribution < -0.4 is 0 Å². The van der Waals surface area contributed by atoms with Gasteiger partial charge in [0.1, 0.15) is 0 Å². The fourth-order valence-corrected chi connectivity index (χ4v) is 3.27. The summed E-state index contributed by atoms with van der Waals surface area (Å²) in [6.45, 7) is 0. The van der Waals surface area contributed by atoms with Crippen molar-refractivity contribution in [3.63, 3.8) is 0 Å². The zero-order valence-corrected chi connectivity index (χ0v) is 14.4. The van der Waals surface area contributed by atoms with Crippen molar-refractivity contribution in [3.8, 4) is 16.9 Å². The molecule has 0 radical (unpaired) electrons. The van der Waals surface area contributed by atoms with Gasteiger partial charge in [-0.3, -0.25) is 0 Å². The van der Waals surface area contributed by atoms with Gasteiger partial charge in [0, 0.05) is 11.1 Å². The molecule has 0 amide bonds. The highest BCUT2D eigenvalue weighted by molar-refractivity contribution is 5.91. The van der Waals surface area contributed by atoms with Gasteiger partial charge in [0.25, 0.3) is 0 Å². The average molecular weight is 381 g/mol. The highest BCUT2D eigenvalue weighted by Crippen LogP contribution is 2.36. The minimum absolute atomic E-state index is 0.102. The van der Waals surface area contributed by atoms with E-state index in [0.29, 0.717) is 22.3 Å². The summed E-state index contributed by atoms with van der Waals surface area (Å²) in [7, 11) is 0.